The highest BCUT2D eigenvalue weighted by Crippen LogP contribution is 2.27. The molecule has 0 aromatic heterocycles. The molecule has 6 heteroatoms. The van der Waals surface area contributed by atoms with Crippen LogP contribution in [0.3, 0.4) is 0 Å². The molecule has 0 aromatic carbocycles. The standard InChI is InChI=1S/C15H28N2O4/c1-5-15(2,3)7-6-12(13(18)20-4)16-14(19)17-8-10-21-11-9-17/h12H,5-11H2,1-4H3,(H,16,19)/t12-/m1/s1. The second-order valence-corrected chi connectivity index (χ2v) is 6.18. The van der Waals surface area contributed by atoms with Gasteiger partial charge in [0.05, 0.1) is 20.3 Å². The summed E-state index contributed by atoms with van der Waals surface area (Å²) in [6.45, 7) is 8.63. The van der Waals surface area contributed by atoms with Gasteiger partial charge in [-0.3, -0.25) is 0 Å². The molecule has 0 bridgehead atoms. The summed E-state index contributed by atoms with van der Waals surface area (Å²) in [5, 5.41) is 2.79. The second-order valence-electron chi connectivity index (χ2n) is 6.18. The molecule has 6 nitrogen and oxygen atoms in total. The van der Waals surface area contributed by atoms with Crippen LogP contribution in [0.5, 0.6) is 0 Å². The normalized spacial score (nSPS) is 17.2. The molecule has 0 unspecified atom stereocenters. The van der Waals surface area contributed by atoms with Crippen molar-refractivity contribution in [3.05, 3.63) is 0 Å². The van der Waals surface area contributed by atoms with Crippen molar-refractivity contribution in [1.82, 2.24) is 10.2 Å². The number of carbonyl (C=O) groups excluding carboxylic acids is 2. The van der Waals surface area contributed by atoms with Gasteiger partial charge in [0.25, 0.3) is 0 Å². The van der Waals surface area contributed by atoms with Crippen molar-refractivity contribution < 1.29 is 19.1 Å². The monoisotopic (exact) mass is 300 g/mol. The molecule has 1 heterocycles. The second kappa shape index (κ2) is 8.22. The Balaban J connectivity index is 2.56. The maximum absolute atomic E-state index is 12.2. The molecule has 122 valence electrons. The minimum Gasteiger partial charge on any atom is -0.467 e. The largest absolute Gasteiger partial charge is 0.467 e. The maximum Gasteiger partial charge on any atom is 0.328 e. The SMILES string of the molecule is CCC(C)(C)CC[C@@H](NC(=O)N1CCOCC1)C(=O)OC. The number of ether oxygens (including phenoxy) is 2. The van der Waals surface area contributed by atoms with Crippen LogP contribution < -0.4 is 5.32 Å². The average Bonchev–Trinajstić information content (AvgIpc) is 2.51. The number of nitrogens with one attached hydrogen (secondary N) is 1. The number of carbonyl (C=O) groups is 2. The number of methoxy groups -OCH3 is 1. The Morgan fingerprint density at radius 1 is 1.33 bits per heavy atom. The van der Waals surface area contributed by atoms with E-state index in [-0.39, 0.29) is 17.4 Å². The predicted octanol–water partition coefficient (Wildman–Crippen LogP) is 1.79. The third-order valence-corrected chi connectivity index (χ3v) is 4.15. The first-order valence-electron chi connectivity index (χ1n) is 7.60. The Morgan fingerprint density at radius 3 is 2.48 bits per heavy atom. The number of hydrogen-bond acceptors (Lipinski definition) is 4. The topological polar surface area (TPSA) is 67.9 Å². The van der Waals surface area contributed by atoms with Crippen LogP contribution in [0.4, 0.5) is 4.79 Å². The number of morpholine rings is 1. The van der Waals surface area contributed by atoms with Crippen molar-refractivity contribution in [2.24, 2.45) is 5.41 Å². The fourth-order valence-corrected chi connectivity index (χ4v) is 2.11. The van der Waals surface area contributed by atoms with E-state index in [2.05, 4.69) is 26.1 Å². The Morgan fingerprint density at radius 2 is 1.95 bits per heavy atom. The van der Waals surface area contributed by atoms with Crippen LogP contribution in [0.25, 0.3) is 0 Å². The lowest BCUT2D eigenvalue weighted by atomic mass is 9.84. The molecule has 1 aliphatic rings. The molecular weight excluding hydrogens is 272 g/mol. The van der Waals surface area contributed by atoms with Gasteiger partial charge in [0.15, 0.2) is 0 Å². The van der Waals surface area contributed by atoms with E-state index in [0.29, 0.717) is 32.7 Å². The summed E-state index contributed by atoms with van der Waals surface area (Å²) in [7, 11) is 1.35. The lowest BCUT2D eigenvalue weighted by Gasteiger charge is -2.30. The van der Waals surface area contributed by atoms with Gasteiger partial charge in [-0.25, -0.2) is 9.59 Å². The van der Waals surface area contributed by atoms with E-state index in [1.54, 1.807) is 4.90 Å². The van der Waals surface area contributed by atoms with E-state index >= 15 is 0 Å². The Kier molecular flexibility index (Phi) is 6.95. The predicted molar refractivity (Wildman–Crippen MR) is 80.0 cm³/mol. The van der Waals surface area contributed by atoms with E-state index in [0.717, 1.165) is 12.8 Å². The van der Waals surface area contributed by atoms with Crippen LogP contribution in [0.15, 0.2) is 0 Å². The molecule has 1 saturated heterocycles. The fourth-order valence-electron chi connectivity index (χ4n) is 2.11. The van der Waals surface area contributed by atoms with Crippen molar-refractivity contribution in [3.8, 4) is 0 Å². The highest BCUT2D eigenvalue weighted by Gasteiger charge is 2.27. The first kappa shape index (κ1) is 17.8. The summed E-state index contributed by atoms with van der Waals surface area (Å²) >= 11 is 0. The third-order valence-electron chi connectivity index (χ3n) is 4.15. The van der Waals surface area contributed by atoms with Gasteiger partial charge in [0.1, 0.15) is 6.04 Å². The number of nitrogens with zero attached hydrogens (tertiary/aromatic N) is 1. The first-order chi connectivity index (χ1) is 9.89. The van der Waals surface area contributed by atoms with Gasteiger partial charge in [-0.2, -0.15) is 0 Å². The average molecular weight is 300 g/mol. The number of esters is 1. The van der Waals surface area contributed by atoms with Gasteiger partial charge < -0.3 is 19.7 Å². The Hall–Kier alpha value is -1.30. The maximum atomic E-state index is 12.2. The molecule has 1 rings (SSSR count). The van der Waals surface area contributed by atoms with Crippen molar-refractivity contribution in [2.45, 2.75) is 46.1 Å². The smallest absolute Gasteiger partial charge is 0.328 e. The summed E-state index contributed by atoms with van der Waals surface area (Å²) in [5.74, 6) is -0.386. The fraction of sp³-hybridized carbons (Fsp3) is 0.867. The minimum atomic E-state index is -0.587. The van der Waals surface area contributed by atoms with Crippen molar-refractivity contribution in [1.29, 1.82) is 0 Å². The lowest BCUT2D eigenvalue weighted by molar-refractivity contribution is -0.143. The quantitative estimate of drug-likeness (QED) is 0.759. The molecule has 0 spiro atoms. The summed E-state index contributed by atoms with van der Waals surface area (Å²) < 4.78 is 10.0. The molecule has 1 N–H and O–H groups in total. The Bertz CT molecular complexity index is 352. The van der Waals surface area contributed by atoms with E-state index in [1.165, 1.54) is 7.11 Å². The third kappa shape index (κ3) is 5.91. The van der Waals surface area contributed by atoms with Crippen LogP contribution in [0.2, 0.25) is 0 Å². The van der Waals surface area contributed by atoms with Crippen LogP contribution in [0, 0.1) is 5.41 Å². The van der Waals surface area contributed by atoms with Gasteiger partial charge >= 0.3 is 12.0 Å². The van der Waals surface area contributed by atoms with Crippen LogP contribution in [0.1, 0.15) is 40.0 Å². The van der Waals surface area contributed by atoms with Crippen LogP contribution in [-0.4, -0.2) is 56.4 Å². The molecular formula is C15H28N2O4. The number of hydrogen-bond donors (Lipinski definition) is 1. The van der Waals surface area contributed by atoms with E-state index in [1.807, 2.05) is 0 Å². The van der Waals surface area contributed by atoms with Crippen molar-refractivity contribution in [2.75, 3.05) is 33.4 Å². The molecule has 1 fully saturated rings. The molecule has 0 aromatic rings. The van der Waals surface area contributed by atoms with E-state index < -0.39 is 6.04 Å². The van der Waals surface area contributed by atoms with Crippen molar-refractivity contribution in [3.63, 3.8) is 0 Å². The number of rotatable bonds is 6. The first-order valence-corrected chi connectivity index (χ1v) is 7.60. The minimum absolute atomic E-state index is 0.149. The zero-order valence-electron chi connectivity index (χ0n) is 13.6. The van der Waals surface area contributed by atoms with Gasteiger partial charge in [-0.1, -0.05) is 27.2 Å². The van der Waals surface area contributed by atoms with Crippen LogP contribution >= 0.6 is 0 Å². The van der Waals surface area contributed by atoms with E-state index in [9.17, 15) is 9.59 Å². The van der Waals surface area contributed by atoms with Crippen molar-refractivity contribution >= 4 is 12.0 Å². The van der Waals surface area contributed by atoms with Gasteiger partial charge in [0, 0.05) is 13.1 Å². The molecule has 0 saturated carbocycles. The molecule has 0 radical (unpaired) electrons. The molecule has 2 amide bonds. The molecule has 21 heavy (non-hydrogen) atoms. The highest BCUT2D eigenvalue weighted by atomic mass is 16.5. The van der Waals surface area contributed by atoms with Crippen LogP contribution in [-0.2, 0) is 14.3 Å². The summed E-state index contributed by atoms with van der Waals surface area (Å²) in [6, 6.07) is -0.806. The van der Waals surface area contributed by atoms with Gasteiger partial charge in [-0.15, -0.1) is 0 Å². The highest BCUT2D eigenvalue weighted by molar-refractivity contribution is 5.83. The summed E-state index contributed by atoms with van der Waals surface area (Å²) in [4.78, 5) is 25.7. The zero-order valence-corrected chi connectivity index (χ0v) is 13.6. The molecule has 1 aliphatic heterocycles. The molecule has 0 aliphatic carbocycles. The van der Waals surface area contributed by atoms with Gasteiger partial charge in [0.2, 0.25) is 0 Å². The summed E-state index contributed by atoms with van der Waals surface area (Å²) in [6.07, 6.45) is 2.47. The Labute approximate surface area is 127 Å². The van der Waals surface area contributed by atoms with Gasteiger partial charge in [-0.05, 0) is 18.3 Å². The number of amides is 2. The lowest BCUT2D eigenvalue weighted by Crippen LogP contribution is -2.51. The zero-order chi connectivity index (χ0) is 15.9. The van der Waals surface area contributed by atoms with E-state index in [4.69, 9.17) is 9.47 Å². The molecule has 1 atom stereocenters. The summed E-state index contributed by atoms with van der Waals surface area (Å²) in [5.41, 5.74) is 0.149. The number of urea groups is 1.